The summed E-state index contributed by atoms with van der Waals surface area (Å²) in [5.41, 5.74) is 0.146. The Kier molecular flexibility index (Phi) is 10.1. The number of pyridine rings is 1. The average molecular weight is 697 g/mol. The summed E-state index contributed by atoms with van der Waals surface area (Å²) in [4.78, 5) is 59.0. The van der Waals surface area contributed by atoms with Crippen molar-refractivity contribution >= 4 is 34.6 Å². The fourth-order valence-corrected chi connectivity index (χ4v) is 7.61. The van der Waals surface area contributed by atoms with Crippen molar-refractivity contribution in [3.05, 3.63) is 67.3 Å². The normalized spacial score (nSPS) is 25.1. The number of carbonyl (C=O) groups is 4. The van der Waals surface area contributed by atoms with Crippen LogP contribution < -0.4 is 25.4 Å². The predicted molar refractivity (Wildman–Crippen MR) is 193 cm³/mol. The molecule has 4 N–H and O–H groups in total. The molecule has 3 aromatic rings. The molecule has 3 aliphatic rings. The van der Waals surface area contributed by atoms with Gasteiger partial charge in [-0.25, -0.2) is 9.78 Å². The molecule has 11 heteroatoms. The van der Waals surface area contributed by atoms with Gasteiger partial charge in [-0.05, 0) is 49.7 Å². The van der Waals surface area contributed by atoms with E-state index in [0.717, 1.165) is 36.6 Å². The highest BCUT2D eigenvalue weighted by molar-refractivity contribution is 5.96. The van der Waals surface area contributed by atoms with Gasteiger partial charge in [0.15, 0.2) is 0 Å². The summed E-state index contributed by atoms with van der Waals surface area (Å²) < 4.78 is 12.1. The van der Waals surface area contributed by atoms with Gasteiger partial charge in [0.1, 0.15) is 29.2 Å². The van der Waals surface area contributed by atoms with Gasteiger partial charge in [-0.1, -0.05) is 70.0 Å². The maximum atomic E-state index is 14.2. The van der Waals surface area contributed by atoms with Gasteiger partial charge in [-0.15, -0.1) is 6.58 Å². The van der Waals surface area contributed by atoms with Gasteiger partial charge in [0.25, 0.3) is 0 Å². The number of carboxylic acid groups (broad SMARTS) is 1. The Labute approximate surface area is 298 Å². The summed E-state index contributed by atoms with van der Waals surface area (Å²) in [6.45, 7) is 9.41. The van der Waals surface area contributed by atoms with Crippen LogP contribution in [-0.2, 0) is 19.2 Å². The number of aromatic nitrogens is 1. The Morgan fingerprint density at radius 2 is 1.69 bits per heavy atom. The number of benzene rings is 2. The second-order valence-electron chi connectivity index (χ2n) is 15.3. The molecular formula is C40H48N4O7. The Morgan fingerprint density at radius 1 is 1.00 bits per heavy atom. The maximum absolute atomic E-state index is 14.2. The van der Waals surface area contributed by atoms with E-state index in [-0.39, 0.29) is 31.2 Å². The van der Waals surface area contributed by atoms with Crippen molar-refractivity contribution in [2.24, 2.45) is 23.2 Å². The highest BCUT2D eigenvalue weighted by atomic mass is 16.5. The zero-order valence-electron chi connectivity index (χ0n) is 29.7. The lowest BCUT2D eigenvalue weighted by molar-refractivity contribution is -0.145. The molecule has 0 saturated heterocycles. The number of nitrogens with one attached hydrogen (secondary N) is 3. The van der Waals surface area contributed by atoms with Gasteiger partial charge >= 0.3 is 5.97 Å². The first kappa shape index (κ1) is 35.9. The van der Waals surface area contributed by atoms with Crippen molar-refractivity contribution in [3.8, 4) is 22.8 Å². The van der Waals surface area contributed by atoms with Crippen molar-refractivity contribution in [2.45, 2.75) is 89.4 Å². The van der Waals surface area contributed by atoms with Gasteiger partial charge in [0.05, 0.1) is 30.2 Å². The third kappa shape index (κ3) is 7.57. The van der Waals surface area contributed by atoms with Crippen molar-refractivity contribution in [3.63, 3.8) is 0 Å². The van der Waals surface area contributed by atoms with Crippen LogP contribution in [0.25, 0.3) is 22.2 Å². The number of rotatable bonds is 12. The quantitative estimate of drug-likeness (QED) is 0.183. The molecule has 1 aromatic heterocycles. The first-order chi connectivity index (χ1) is 24.3. The summed E-state index contributed by atoms with van der Waals surface area (Å²) in [5.74, 6) is -3.41. The third-order valence-electron chi connectivity index (χ3n) is 10.7. The molecule has 0 aliphatic heterocycles. The Bertz CT molecular complexity index is 1820. The van der Waals surface area contributed by atoms with E-state index in [1.165, 1.54) is 6.08 Å². The van der Waals surface area contributed by atoms with Crippen LogP contribution in [0.4, 0.5) is 0 Å². The maximum Gasteiger partial charge on any atom is 0.330 e. The predicted octanol–water partition coefficient (Wildman–Crippen LogP) is 5.42. The van der Waals surface area contributed by atoms with Gasteiger partial charge in [0, 0.05) is 35.0 Å². The number of amides is 3. The van der Waals surface area contributed by atoms with E-state index in [0.29, 0.717) is 22.7 Å². The molecule has 51 heavy (non-hydrogen) atoms. The lowest BCUT2D eigenvalue weighted by atomic mass is 9.84. The Balaban J connectivity index is 1.30. The summed E-state index contributed by atoms with van der Waals surface area (Å²) >= 11 is 0. The van der Waals surface area contributed by atoms with E-state index in [1.54, 1.807) is 7.11 Å². The van der Waals surface area contributed by atoms with Gasteiger partial charge in [-0.2, -0.15) is 0 Å². The molecule has 270 valence electrons. The van der Waals surface area contributed by atoms with Gasteiger partial charge in [-0.3, -0.25) is 14.4 Å². The standard InChI is InChI=1S/C40H48N4O7/c1-6-24-22-40(24,38(48)49)44-36(46)30-19-27(18-29(30)35(45)43-34(39(2,3)4)37(47)41-25-14-10-11-15-25)51-33-21-31(23-12-8-7-9-13-23)42-32-20-26(50-5)16-17-28(32)33/h6-9,12-13,16-17,20-21,24-25,27,29-30,34H,1,10-11,14-15,18-19,22H2,2-5H3,(H,41,47)(H,43,45)(H,44,46)(H,48,49)/t24-,27+,29-,30-,34-,40-/m1/s1. The van der Waals surface area contributed by atoms with E-state index in [9.17, 15) is 24.3 Å². The van der Waals surface area contributed by atoms with E-state index in [4.69, 9.17) is 14.5 Å². The van der Waals surface area contributed by atoms with Crippen molar-refractivity contribution < 1.29 is 33.8 Å². The third-order valence-corrected chi connectivity index (χ3v) is 10.7. The highest BCUT2D eigenvalue weighted by Gasteiger charge is 2.61. The van der Waals surface area contributed by atoms with Crippen molar-refractivity contribution in [1.29, 1.82) is 0 Å². The van der Waals surface area contributed by atoms with Crippen LogP contribution in [0.3, 0.4) is 0 Å². The first-order valence-corrected chi connectivity index (χ1v) is 17.8. The molecule has 2 aromatic carbocycles. The van der Waals surface area contributed by atoms with E-state index >= 15 is 0 Å². The second kappa shape index (κ2) is 14.4. The molecule has 6 rings (SSSR count). The number of carbonyl (C=O) groups excluding carboxylic acids is 3. The zero-order valence-corrected chi connectivity index (χ0v) is 29.7. The van der Waals surface area contributed by atoms with Crippen molar-refractivity contribution in [1.82, 2.24) is 20.9 Å². The average Bonchev–Trinajstić information content (AvgIpc) is 3.37. The van der Waals surface area contributed by atoms with Gasteiger partial charge < -0.3 is 30.5 Å². The van der Waals surface area contributed by atoms with Crippen LogP contribution in [-0.4, -0.2) is 64.6 Å². The number of aliphatic carboxylic acids is 1. The monoisotopic (exact) mass is 696 g/mol. The number of carboxylic acids is 1. The van der Waals surface area contributed by atoms with Gasteiger partial charge in [0.2, 0.25) is 17.7 Å². The molecule has 0 radical (unpaired) electrons. The Morgan fingerprint density at radius 3 is 2.29 bits per heavy atom. The minimum atomic E-state index is -1.46. The summed E-state index contributed by atoms with van der Waals surface area (Å²) in [6.07, 6.45) is 5.42. The smallest absolute Gasteiger partial charge is 0.330 e. The van der Waals surface area contributed by atoms with Crippen LogP contribution in [0.15, 0.2) is 67.3 Å². The minimum Gasteiger partial charge on any atom is -0.497 e. The lowest BCUT2D eigenvalue weighted by Gasteiger charge is -2.33. The number of ether oxygens (including phenoxy) is 2. The zero-order chi connectivity index (χ0) is 36.5. The molecule has 3 amide bonds. The number of nitrogens with zero attached hydrogens (tertiary/aromatic N) is 1. The summed E-state index contributed by atoms with van der Waals surface area (Å²) in [5, 5.41) is 19.6. The molecule has 1 heterocycles. The van der Waals surface area contributed by atoms with Crippen LogP contribution in [0, 0.1) is 23.2 Å². The molecule has 0 spiro atoms. The number of fused-ring (bicyclic) bond motifs is 1. The molecule has 3 saturated carbocycles. The summed E-state index contributed by atoms with van der Waals surface area (Å²) in [6, 6.07) is 16.3. The van der Waals surface area contributed by atoms with E-state index in [1.807, 2.05) is 75.4 Å². The molecule has 3 aliphatic carbocycles. The first-order valence-electron chi connectivity index (χ1n) is 17.8. The SMILES string of the molecule is C=C[C@@H]1C[C@]1(NC(=O)[C@@H]1C[C@@H](Oc2cc(-c3ccccc3)nc3cc(OC)ccc23)C[C@H]1C(=O)N[C@H](C(=O)NC1CCCC1)C(C)(C)C)C(=O)O. The summed E-state index contributed by atoms with van der Waals surface area (Å²) in [7, 11) is 1.59. The lowest BCUT2D eigenvalue weighted by Crippen LogP contribution is -2.57. The topological polar surface area (TPSA) is 156 Å². The largest absolute Gasteiger partial charge is 0.497 e. The second-order valence-corrected chi connectivity index (χ2v) is 15.3. The number of hydrogen-bond acceptors (Lipinski definition) is 7. The molecular weight excluding hydrogens is 648 g/mol. The minimum absolute atomic E-state index is 0.0709. The van der Waals surface area contributed by atoms with Crippen LogP contribution >= 0.6 is 0 Å². The highest BCUT2D eigenvalue weighted by Crippen LogP contribution is 2.46. The Hall–Kier alpha value is -4.93. The molecule has 0 bridgehead atoms. The van der Waals surface area contributed by atoms with E-state index < -0.39 is 58.6 Å². The van der Waals surface area contributed by atoms with Crippen LogP contribution in [0.5, 0.6) is 11.5 Å². The molecule has 3 fully saturated rings. The van der Waals surface area contributed by atoms with Crippen LogP contribution in [0.2, 0.25) is 0 Å². The number of hydrogen-bond donors (Lipinski definition) is 4. The number of methoxy groups -OCH3 is 1. The molecule has 11 nitrogen and oxygen atoms in total. The molecule has 0 unspecified atom stereocenters. The van der Waals surface area contributed by atoms with Crippen LogP contribution in [0.1, 0.15) is 65.7 Å². The van der Waals surface area contributed by atoms with E-state index in [2.05, 4.69) is 22.5 Å². The fraction of sp³-hybridized carbons (Fsp3) is 0.475. The fourth-order valence-electron chi connectivity index (χ4n) is 7.61. The molecule has 6 atom stereocenters. The van der Waals surface area contributed by atoms with Crippen molar-refractivity contribution in [2.75, 3.05) is 7.11 Å².